The van der Waals surface area contributed by atoms with Crippen LogP contribution in [-0.4, -0.2) is 0 Å². The predicted molar refractivity (Wildman–Crippen MR) is 166 cm³/mol. The van der Waals surface area contributed by atoms with Crippen molar-refractivity contribution < 1.29 is 13.4 Å². The summed E-state index contributed by atoms with van der Waals surface area (Å²) in [4.78, 5) is 0. The van der Waals surface area contributed by atoms with E-state index in [2.05, 4.69) is 110 Å². The monoisotopic (exact) mass is 534 g/mol. The number of rotatable bonds is 4. The van der Waals surface area contributed by atoms with E-state index in [1.807, 2.05) is 31.3 Å². The van der Waals surface area contributed by atoms with E-state index in [0.29, 0.717) is 11.1 Å². The summed E-state index contributed by atoms with van der Waals surface area (Å²) in [7, 11) is 2.05. The first-order valence-electron chi connectivity index (χ1n) is 13.9. The molecule has 0 spiro atoms. The van der Waals surface area contributed by atoms with Crippen LogP contribution in [0.25, 0.3) is 66.6 Å². The lowest BCUT2D eigenvalue weighted by molar-refractivity contribution is -0.660. The Labute approximate surface area is 239 Å². The first kappa shape index (κ1) is 25.0. The van der Waals surface area contributed by atoms with Crippen molar-refractivity contribution in [3.8, 4) is 44.6 Å². The first-order valence-corrected chi connectivity index (χ1v) is 13.9. The van der Waals surface area contributed by atoms with Crippen LogP contribution in [0.5, 0.6) is 0 Å². The summed E-state index contributed by atoms with van der Waals surface area (Å²) in [5.74, 6) is -0.297. The number of fused-ring (bicyclic) bond motifs is 3. The number of furan rings is 1. The van der Waals surface area contributed by atoms with Gasteiger partial charge in [0.05, 0.1) is 11.1 Å². The Bertz CT molecular complexity index is 2070. The van der Waals surface area contributed by atoms with E-state index in [1.54, 1.807) is 6.07 Å². The minimum Gasteiger partial charge on any atom is -0.454 e. The second-order valence-corrected chi connectivity index (χ2v) is 10.8. The van der Waals surface area contributed by atoms with E-state index in [0.717, 1.165) is 49.9 Å². The highest BCUT2D eigenvalue weighted by atomic mass is 19.1. The van der Waals surface area contributed by atoms with Gasteiger partial charge in [0.2, 0.25) is 5.69 Å². The topological polar surface area (TPSA) is 17.0 Å². The number of hydrogen-bond donors (Lipinski definition) is 0. The summed E-state index contributed by atoms with van der Waals surface area (Å²) in [5.41, 5.74) is 11.5. The van der Waals surface area contributed by atoms with Gasteiger partial charge in [-0.2, -0.15) is 0 Å². The molecule has 0 amide bonds. The first-order chi connectivity index (χ1) is 20.0. The summed E-state index contributed by atoms with van der Waals surface area (Å²) in [6, 6.07) is 38.8. The smallest absolute Gasteiger partial charge is 0.216 e. The molecule has 0 bridgehead atoms. The maximum absolute atomic E-state index is 15.5. The van der Waals surface area contributed by atoms with Crippen molar-refractivity contribution in [2.24, 2.45) is 7.05 Å². The third-order valence-corrected chi connectivity index (χ3v) is 7.98. The fourth-order valence-corrected chi connectivity index (χ4v) is 5.91. The van der Waals surface area contributed by atoms with Gasteiger partial charge in [-0.05, 0) is 71.5 Å². The summed E-state index contributed by atoms with van der Waals surface area (Å²) in [5, 5.41) is 1.89. The standard InChI is InChI=1S/C38H29FNO/c1-24-12-21-34(40(3)23-24)35-25(2)13-18-31-32-19-20-33(39)36(38(32)41-37(31)35)28-16-14-27(15-17-28)30-11-7-10-29(22-30)26-8-5-4-6-9-26/h4-23H,1-3H3/q+1. The molecule has 2 heterocycles. The second kappa shape index (κ2) is 9.87. The van der Waals surface area contributed by atoms with E-state index < -0.39 is 0 Å². The van der Waals surface area contributed by atoms with Gasteiger partial charge in [0.15, 0.2) is 6.20 Å². The third kappa shape index (κ3) is 4.31. The van der Waals surface area contributed by atoms with Crippen molar-refractivity contribution in [3.05, 3.63) is 138 Å². The van der Waals surface area contributed by atoms with E-state index in [1.165, 1.54) is 16.7 Å². The van der Waals surface area contributed by atoms with Crippen LogP contribution < -0.4 is 4.57 Å². The number of hydrogen-bond acceptors (Lipinski definition) is 1. The summed E-state index contributed by atoms with van der Waals surface area (Å²) in [6.07, 6.45) is 2.11. The third-order valence-electron chi connectivity index (χ3n) is 7.98. The predicted octanol–water partition coefficient (Wildman–Crippen LogP) is 9.83. The molecular formula is C38H29FNO+. The minimum absolute atomic E-state index is 0.297. The quantitative estimate of drug-likeness (QED) is 0.205. The van der Waals surface area contributed by atoms with Crippen molar-refractivity contribution in [1.82, 2.24) is 0 Å². The van der Waals surface area contributed by atoms with Crippen LogP contribution >= 0.6 is 0 Å². The number of aryl methyl sites for hydroxylation is 3. The van der Waals surface area contributed by atoms with Crippen molar-refractivity contribution in [1.29, 1.82) is 0 Å². The number of halogens is 1. The highest BCUT2D eigenvalue weighted by Crippen LogP contribution is 2.42. The molecule has 198 valence electrons. The molecule has 0 atom stereocenters. The molecule has 7 aromatic rings. The average Bonchev–Trinajstić information content (AvgIpc) is 3.37. The van der Waals surface area contributed by atoms with Gasteiger partial charge in [-0.15, -0.1) is 0 Å². The van der Waals surface area contributed by atoms with Gasteiger partial charge in [-0.3, -0.25) is 0 Å². The van der Waals surface area contributed by atoms with Crippen LogP contribution in [0.4, 0.5) is 4.39 Å². The molecule has 0 aliphatic heterocycles. The SMILES string of the molecule is Cc1ccc(-c2c(C)ccc3c2oc2c(-c4ccc(-c5cccc(-c6ccccc6)c5)cc4)c(F)ccc23)[n+](C)c1. The van der Waals surface area contributed by atoms with Crippen molar-refractivity contribution in [2.75, 3.05) is 0 Å². The molecule has 7 rings (SSSR count). The van der Waals surface area contributed by atoms with Gasteiger partial charge in [0, 0.05) is 22.4 Å². The molecule has 0 fully saturated rings. The zero-order valence-electron chi connectivity index (χ0n) is 23.3. The summed E-state index contributed by atoms with van der Waals surface area (Å²) in [6.45, 7) is 4.17. The highest BCUT2D eigenvalue weighted by Gasteiger charge is 2.23. The van der Waals surface area contributed by atoms with Crippen molar-refractivity contribution in [2.45, 2.75) is 13.8 Å². The molecule has 41 heavy (non-hydrogen) atoms. The Hall–Kier alpha value is -5.02. The molecule has 2 nitrogen and oxygen atoms in total. The van der Waals surface area contributed by atoms with Gasteiger partial charge in [-0.25, -0.2) is 8.96 Å². The van der Waals surface area contributed by atoms with Crippen LogP contribution in [0, 0.1) is 19.7 Å². The van der Waals surface area contributed by atoms with Gasteiger partial charge < -0.3 is 4.42 Å². The Balaban J connectivity index is 1.35. The largest absolute Gasteiger partial charge is 0.454 e. The Morgan fingerprint density at radius 2 is 1.17 bits per heavy atom. The maximum atomic E-state index is 15.5. The van der Waals surface area contributed by atoms with E-state index in [4.69, 9.17) is 4.42 Å². The number of nitrogens with zero attached hydrogens (tertiary/aromatic N) is 1. The van der Waals surface area contributed by atoms with Gasteiger partial charge in [0.1, 0.15) is 24.0 Å². The molecule has 2 aromatic heterocycles. The molecule has 0 aliphatic carbocycles. The maximum Gasteiger partial charge on any atom is 0.216 e. The molecule has 3 heteroatoms. The van der Waals surface area contributed by atoms with Gasteiger partial charge in [0.25, 0.3) is 0 Å². The zero-order chi connectivity index (χ0) is 28.1. The van der Waals surface area contributed by atoms with Crippen LogP contribution in [-0.2, 0) is 7.05 Å². The van der Waals surface area contributed by atoms with Crippen LogP contribution in [0.15, 0.2) is 126 Å². The second-order valence-electron chi connectivity index (χ2n) is 10.8. The van der Waals surface area contributed by atoms with Crippen LogP contribution in [0.3, 0.4) is 0 Å². The van der Waals surface area contributed by atoms with Crippen LogP contribution in [0.1, 0.15) is 11.1 Å². The summed E-state index contributed by atoms with van der Waals surface area (Å²) < 4.78 is 24.3. The lowest BCUT2D eigenvalue weighted by atomic mass is 9.96. The molecular weight excluding hydrogens is 505 g/mol. The molecule has 0 aliphatic rings. The fraction of sp³-hybridized carbons (Fsp3) is 0.0789. The van der Waals surface area contributed by atoms with E-state index in [-0.39, 0.29) is 5.82 Å². The van der Waals surface area contributed by atoms with Crippen LogP contribution in [0.2, 0.25) is 0 Å². The number of pyridine rings is 1. The lowest BCUT2D eigenvalue weighted by Gasteiger charge is -2.09. The number of benzene rings is 5. The Morgan fingerprint density at radius 3 is 1.88 bits per heavy atom. The Morgan fingerprint density at radius 1 is 0.561 bits per heavy atom. The van der Waals surface area contributed by atoms with E-state index in [9.17, 15) is 0 Å². The molecule has 0 saturated carbocycles. The lowest BCUT2D eigenvalue weighted by Crippen LogP contribution is -2.31. The van der Waals surface area contributed by atoms with Gasteiger partial charge >= 0.3 is 0 Å². The molecule has 0 N–H and O–H groups in total. The van der Waals surface area contributed by atoms with Crippen molar-refractivity contribution in [3.63, 3.8) is 0 Å². The Kier molecular flexibility index (Phi) is 6.01. The average molecular weight is 535 g/mol. The van der Waals surface area contributed by atoms with E-state index >= 15 is 4.39 Å². The van der Waals surface area contributed by atoms with Crippen molar-refractivity contribution >= 4 is 21.9 Å². The highest BCUT2D eigenvalue weighted by molar-refractivity contribution is 6.13. The minimum atomic E-state index is -0.297. The fourth-order valence-electron chi connectivity index (χ4n) is 5.91. The molecule has 0 unspecified atom stereocenters. The summed E-state index contributed by atoms with van der Waals surface area (Å²) >= 11 is 0. The zero-order valence-corrected chi connectivity index (χ0v) is 23.3. The molecule has 5 aromatic carbocycles. The molecule has 0 saturated heterocycles. The molecule has 0 radical (unpaired) electrons. The number of aromatic nitrogens is 1. The van der Waals surface area contributed by atoms with Gasteiger partial charge in [-0.1, -0.05) is 84.9 Å². The normalized spacial score (nSPS) is 11.4.